The molecule has 2 rings (SSSR count). The number of halogens is 1. The first-order chi connectivity index (χ1) is 13.0. The van der Waals surface area contributed by atoms with Crippen LogP contribution in [0.25, 0.3) is 0 Å². The highest BCUT2D eigenvalue weighted by Crippen LogP contribution is 2.31. The molecule has 152 valence electrons. The van der Waals surface area contributed by atoms with Crippen LogP contribution in [0.1, 0.15) is 58.8 Å². The van der Waals surface area contributed by atoms with Crippen molar-refractivity contribution in [2.24, 2.45) is 17.6 Å². The number of nitrogens with one attached hydrogen (secondary N) is 1. The van der Waals surface area contributed by atoms with Gasteiger partial charge in [-0.15, -0.1) is 11.6 Å². The first-order valence-electron chi connectivity index (χ1n) is 10.5. The molecule has 1 unspecified atom stereocenters. The predicted octanol–water partition coefficient (Wildman–Crippen LogP) is 4.82. The molecule has 1 aliphatic carbocycles. The van der Waals surface area contributed by atoms with Crippen LogP contribution in [-0.2, 0) is 0 Å². The Hall–Kier alpha value is -1.03. The normalized spacial score (nSPS) is 27.4. The van der Waals surface area contributed by atoms with E-state index in [-0.39, 0.29) is 23.4 Å². The Morgan fingerprint density at radius 3 is 2.89 bits per heavy atom. The van der Waals surface area contributed by atoms with Crippen molar-refractivity contribution in [1.82, 2.24) is 5.32 Å². The van der Waals surface area contributed by atoms with Gasteiger partial charge in [0.25, 0.3) is 0 Å². The fourth-order valence-corrected chi connectivity index (χ4v) is 4.22. The Balaban J connectivity index is 2.01. The molecule has 3 nitrogen and oxygen atoms in total. The lowest BCUT2D eigenvalue weighted by Crippen LogP contribution is -2.44. The van der Waals surface area contributed by atoms with Crippen LogP contribution in [0.2, 0.25) is 0 Å². The molecule has 0 aromatic rings. The van der Waals surface area contributed by atoms with Crippen molar-refractivity contribution < 1.29 is 5.11 Å². The fourth-order valence-electron chi connectivity index (χ4n) is 4.06. The van der Waals surface area contributed by atoms with Crippen LogP contribution in [0.4, 0.5) is 0 Å². The summed E-state index contributed by atoms with van der Waals surface area (Å²) in [5, 5.41) is 14.5. The Morgan fingerprint density at radius 2 is 2.26 bits per heavy atom. The van der Waals surface area contributed by atoms with E-state index < -0.39 is 0 Å². The van der Waals surface area contributed by atoms with Gasteiger partial charge in [0.05, 0.1) is 11.5 Å². The highest BCUT2D eigenvalue weighted by atomic mass is 35.5. The van der Waals surface area contributed by atoms with E-state index in [9.17, 15) is 5.11 Å². The van der Waals surface area contributed by atoms with Crippen molar-refractivity contribution in [3.05, 3.63) is 47.7 Å². The number of rotatable bonds is 9. The van der Waals surface area contributed by atoms with Crippen molar-refractivity contribution in [2.75, 3.05) is 6.54 Å². The zero-order valence-electron chi connectivity index (χ0n) is 16.9. The highest BCUT2D eigenvalue weighted by molar-refractivity contribution is 6.22. The van der Waals surface area contributed by atoms with Gasteiger partial charge >= 0.3 is 0 Å². The minimum atomic E-state index is -0.310. The molecule has 4 heteroatoms. The van der Waals surface area contributed by atoms with Gasteiger partial charge in [-0.3, -0.25) is 0 Å². The minimum absolute atomic E-state index is 0.127. The zero-order valence-corrected chi connectivity index (χ0v) is 17.7. The molecule has 2 aliphatic rings. The maximum Gasteiger partial charge on any atom is 0.0696 e. The lowest BCUT2D eigenvalue weighted by atomic mass is 9.80. The molecule has 1 heterocycles. The topological polar surface area (TPSA) is 58.3 Å². The second-order valence-corrected chi connectivity index (χ2v) is 8.59. The maximum atomic E-state index is 10.8. The summed E-state index contributed by atoms with van der Waals surface area (Å²) in [7, 11) is 0. The summed E-state index contributed by atoms with van der Waals surface area (Å²) in [5.74, 6) is 0.599. The average Bonchev–Trinajstić information content (AvgIpc) is 2.70. The van der Waals surface area contributed by atoms with Gasteiger partial charge in [-0.25, -0.2) is 0 Å². The molecule has 1 saturated heterocycles. The number of allylic oxidation sites excluding steroid dienone is 8. The second-order valence-electron chi connectivity index (χ2n) is 8.03. The third-order valence-corrected chi connectivity index (χ3v) is 6.32. The van der Waals surface area contributed by atoms with Crippen LogP contribution in [0.5, 0.6) is 0 Å². The number of aliphatic hydroxyl groups is 1. The second kappa shape index (κ2) is 11.7. The fraction of sp³-hybridized carbons (Fsp3) is 0.652. The highest BCUT2D eigenvalue weighted by Gasteiger charge is 2.28. The third-order valence-electron chi connectivity index (χ3n) is 6.00. The van der Waals surface area contributed by atoms with E-state index in [0.717, 1.165) is 44.3 Å². The van der Waals surface area contributed by atoms with Crippen molar-refractivity contribution in [3.8, 4) is 0 Å². The van der Waals surface area contributed by atoms with Crippen LogP contribution in [0.3, 0.4) is 0 Å². The zero-order chi connectivity index (χ0) is 19.6. The SMILES string of the molecule is C/C=C\C=C(\N)[C@@H](C)C(CCC1=CC[C@H](Cl)C=C1)C[C@@H](O)[C@H]1CCCCN1. The monoisotopic (exact) mass is 392 g/mol. The first kappa shape index (κ1) is 22.3. The molecular weight excluding hydrogens is 356 g/mol. The average molecular weight is 393 g/mol. The molecule has 5 atom stereocenters. The van der Waals surface area contributed by atoms with Gasteiger partial charge in [0.15, 0.2) is 0 Å². The van der Waals surface area contributed by atoms with Crippen LogP contribution in [0, 0.1) is 11.8 Å². The van der Waals surface area contributed by atoms with Gasteiger partial charge in [0, 0.05) is 11.7 Å². The molecular formula is C23H37ClN2O. The van der Waals surface area contributed by atoms with Crippen LogP contribution >= 0.6 is 11.6 Å². The number of aliphatic hydroxyl groups excluding tert-OH is 1. The molecule has 1 fully saturated rings. The van der Waals surface area contributed by atoms with Crippen LogP contribution in [-0.4, -0.2) is 29.2 Å². The van der Waals surface area contributed by atoms with E-state index in [2.05, 4.69) is 30.5 Å². The number of alkyl halides is 1. The smallest absolute Gasteiger partial charge is 0.0696 e. The number of piperidine rings is 1. The maximum absolute atomic E-state index is 10.8. The molecule has 27 heavy (non-hydrogen) atoms. The summed E-state index contributed by atoms with van der Waals surface area (Å²) in [4.78, 5) is 0. The van der Waals surface area contributed by atoms with Gasteiger partial charge in [0.1, 0.15) is 0 Å². The Labute approximate surface area is 170 Å². The quantitative estimate of drug-likeness (QED) is 0.389. The lowest BCUT2D eigenvalue weighted by molar-refractivity contribution is 0.0788. The van der Waals surface area contributed by atoms with Crippen LogP contribution in [0.15, 0.2) is 47.7 Å². The Morgan fingerprint density at radius 1 is 1.44 bits per heavy atom. The van der Waals surface area contributed by atoms with Gasteiger partial charge < -0.3 is 16.2 Å². The van der Waals surface area contributed by atoms with E-state index in [1.54, 1.807) is 0 Å². The van der Waals surface area contributed by atoms with E-state index in [1.807, 2.05) is 25.2 Å². The molecule has 0 saturated carbocycles. The van der Waals surface area contributed by atoms with E-state index >= 15 is 0 Å². The number of hydrogen-bond acceptors (Lipinski definition) is 3. The summed E-state index contributed by atoms with van der Waals surface area (Å²) in [6.45, 7) is 5.21. The molecule has 0 radical (unpaired) electrons. The van der Waals surface area contributed by atoms with Gasteiger partial charge in [-0.1, -0.05) is 49.3 Å². The van der Waals surface area contributed by atoms with Crippen molar-refractivity contribution in [3.63, 3.8) is 0 Å². The molecule has 4 N–H and O–H groups in total. The molecule has 1 aliphatic heterocycles. The predicted molar refractivity (Wildman–Crippen MR) is 117 cm³/mol. The Kier molecular flexibility index (Phi) is 9.67. The number of nitrogens with two attached hydrogens (primary N) is 1. The molecule has 0 aromatic carbocycles. The summed E-state index contributed by atoms with van der Waals surface area (Å²) >= 11 is 6.14. The van der Waals surface area contributed by atoms with Crippen molar-refractivity contribution in [2.45, 2.75) is 76.3 Å². The van der Waals surface area contributed by atoms with Gasteiger partial charge in [-0.2, -0.15) is 0 Å². The first-order valence-corrected chi connectivity index (χ1v) is 11.0. The summed E-state index contributed by atoms with van der Waals surface area (Å²) in [6, 6.07) is 0.222. The van der Waals surface area contributed by atoms with E-state index in [1.165, 1.54) is 18.4 Å². The molecule has 0 spiro atoms. The van der Waals surface area contributed by atoms with Gasteiger partial charge in [0.2, 0.25) is 0 Å². The molecule has 0 aromatic heterocycles. The third kappa shape index (κ3) is 7.48. The van der Waals surface area contributed by atoms with Crippen molar-refractivity contribution >= 4 is 11.6 Å². The summed E-state index contributed by atoms with van der Waals surface area (Å²) in [6.07, 6.45) is 19.4. The minimum Gasteiger partial charge on any atom is -0.402 e. The summed E-state index contributed by atoms with van der Waals surface area (Å²) < 4.78 is 0. The molecule has 0 amide bonds. The van der Waals surface area contributed by atoms with Crippen molar-refractivity contribution in [1.29, 1.82) is 0 Å². The van der Waals surface area contributed by atoms with Gasteiger partial charge in [-0.05, 0) is 69.9 Å². The van der Waals surface area contributed by atoms with E-state index in [0.29, 0.717) is 5.92 Å². The lowest BCUT2D eigenvalue weighted by Gasteiger charge is -2.33. The molecule has 0 bridgehead atoms. The van der Waals surface area contributed by atoms with Crippen LogP contribution < -0.4 is 11.1 Å². The Bertz CT molecular complexity index is 561. The summed E-state index contributed by atoms with van der Waals surface area (Å²) in [5.41, 5.74) is 8.60. The van der Waals surface area contributed by atoms with E-state index in [4.69, 9.17) is 17.3 Å². The largest absolute Gasteiger partial charge is 0.402 e. The number of hydrogen-bond donors (Lipinski definition) is 3. The standard InChI is InChI=1S/C23H37ClN2O/c1-3-4-7-21(25)17(2)19(12-9-18-10-13-20(24)14-11-18)16-23(27)22-8-5-6-15-26-22/h3-4,7,10-11,13,17,19-20,22-23,26-27H,5-6,8-9,12,14-16,25H2,1-2H3/b4-3-,21-7+/t17-,19?,20+,22+,23+/m0/s1.